The number of H-pyrrole nitrogens is 1. The SMILES string of the molecule is N#C/C(=C\c1ccc[nH]1)C(=O)NCCc1ccccn1. The van der Waals surface area contributed by atoms with Gasteiger partial charge in [0.1, 0.15) is 11.6 Å². The molecule has 2 rings (SSSR count). The first-order valence-electron chi connectivity index (χ1n) is 6.23. The van der Waals surface area contributed by atoms with E-state index >= 15 is 0 Å². The van der Waals surface area contributed by atoms with Crippen LogP contribution in [0.15, 0.2) is 48.3 Å². The second kappa shape index (κ2) is 6.90. The fourth-order valence-electron chi connectivity index (χ4n) is 1.68. The zero-order valence-corrected chi connectivity index (χ0v) is 10.8. The lowest BCUT2D eigenvalue weighted by Gasteiger charge is -2.03. The highest BCUT2D eigenvalue weighted by atomic mass is 16.1. The van der Waals surface area contributed by atoms with Gasteiger partial charge in [0.2, 0.25) is 0 Å². The highest BCUT2D eigenvalue weighted by molar-refractivity contribution is 6.01. The van der Waals surface area contributed by atoms with Gasteiger partial charge < -0.3 is 10.3 Å². The summed E-state index contributed by atoms with van der Waals surface area (Å²) in [5.41, 5.74) is 1.70. The van der Waals surface area contributed by atoms with Crippen molar-refractivity contribution in [2.45, 2.75) is 6.42 Å². The third kappa shape index (κ3) is 3.82. The normalized spacial score (nSPS) is 10.8. The highest BCUT2D eigenvalue weighted by Gasteiger charge is 2.08. The molecule has 0 aliphatic rings. The number of nitrogens with zero attached hydrogens (tertiary/aromatic N) is 2. The standard InChI is InChI=1S/C15H14N4O/c16-11-12(10-14-5-3-8-18-14)15(20)19-9-6-13-4-1-2-7-17-13/h1-5,7-8,10,18H,6,9H2,(H,19,20)/b12-10+. The largest absolute Gasteiger partial charge is 0.362 e. The van der Waals surface area contributed by atoms with Crippen LogP contribution in [0.2, 0.25) is 0 Å². The van der Waals surface area contributed by atoms with Crippen LogP contribution in [0.3, 0.4) is 0 Å². The lowest BCUT2D eigenvalue weighted by molar-refractivity contribution is -0.117. The minimum absolute atomic E-state index is 0.0773. The maximum absolute atomic E-state index is 11.9. The van der Waals surface area contributed by atoms with Gasteiger partial charge >= 0.3 is 0 Å². The van der Waals surface area contributed by atoms with Crippen molar-refractivity contribution >= 4 is 12.0 Å². The van der Waals surface area contributed by atoms with Gasteiger partial charge in [-0.2, -0.15) is 5.26 Å². The second-order valence-corrected chi connectivity index (χ2v) is 4.12. The first-order valence-corrected chi connectivity index (χ1v) is 6.23. The third-order valence-electron chi connectivity index (χ3n) is 2.68. The number of aromatic amines is 1. The highest BCUT2D eigenvalue weighted by Crippen LogP contribution is 2.03. The molecule has 2 aromatic rings. The van der Waals surface area contributed by atoms with Gasteiger partial charge in [0.25, 0.3) is 5.91 Å². The van der Waals surface area contributed by atoms with Crippen LogP contribution in [0, 0.1) is 11.3 Å². The molecule has 20 heavy (non-hydrogen) atoms. The predicted octanol–water partition coefficient (Wildman–Crippen LogP) is 1.68. The molecule has 0 atom stereocenters. The van der Waals surface area contributed by atoms with E-state index in [0.29, 0.717) is 13.0 Å². The van der Waals surface area contributed by atoms with E-state index in [1.54, 1.807) is 24.5 Å². The van der Waals surface area contributed by atoms with Crippen LogP contribution in [0.25, 0.3) is 6.08 Å². The minimum Gasteiger partial charge on any atom is -0.362 e. The van der Waals surface area contributed by atoms with E-state index < -0.39 is 0 Å². The van der Waals surface area contributed by atoms with Gasteiger partial charge in [0, 0.05) is 36.7 Å². The first kappa shape index (κ1) is 13.6. The second-order valence-electron chi connectivity index (χ2n) is 4.12. The average molecular weight is 266 g/mol. The number of carbonyl (C=O) groups excluding carboxylic acids is 1. The van der Waals surface area contributed by atoms with Crippen LogP contribution in [-0.2, 0) is 11.2 Å². The molecule has 0 aliphatic heterocycles. The summed E-state index contributed by atoms with van der Waals surface area (Å²) in [4.78, 5) is 18.9. The van der Waals surface area contributed by atoms with E-state index in [1.165, 1.54) is 6.08 Å². The van der Waals surface area contributed by atoms with E-state index in [9.17, 15) is 4.79 Å². The number of hydrogen-bond acceptors (Lipinski definition) is 3. The molecule has 0 bridgehead atoms. The van der Waals surface area contributed by atoms with E-state index in [1.807, 2.05) is 24.3 Å². The Morgan fingerprint density at radius 2 is 2.30 bits per heavy atom. The van der Waals surface area contributed by atoms with Crippen molar-refractivity contribution in [2.24, 2.45) is 0 Å². The first-order chi connectivity index (χ1) is 9.79. The maximum atomic E-state index is 11.9. The maximum Gasteiger partial charge on any atom is 0.262 e. The molecule has 0 radical (unpaired) electrons. The van der Waals surface area contributed by atoms with E-state index in [0.717, 1.165) is 11.4 Å². The van der Waals surface area contributed by atoms with Gasteiger partial charge in [-0.05, 0) is 30.3 Å². The summed E-state index contributed by atoms with van der Waals surface area (Å²) in [7, 11) is 0. The molecule has 2 aromatic heterocycles. The number of amides is 1. The van der Waals surface area contributed by atoms with Gasteiger partial charge in [-0.3, -0.25) is 9.78 Å². The lowest BCUT2D eigenvalue weighted by atomic mass is 10.2. The molecular weight excluding hydrogens is 252 g/mol. The number of nitrogens with one attached hydrogen (secondary N) is 2. The quantitative estimate of drug-likeness (QED) is 0.638. The number of nitriles is 1. The Labute approximate surface area is 117 Å². The van der Waals surface area contributed by atoms with Crippen LogP contribution < -0.4 is 5.32 Å². The molecule has 5 nitrogen and oxygen atoms in total. The van der Waals surface area contributed by atoms with Gasteiger partial charge in [-0.1, -0.05) is 6.07 Å². The Kier molecular flexibility index (Phi) is 4.68. The van der Waals surface area contributed by atoms with Crippen molar-refractivity contribution in [1.29, 1.82) is 5.26 Å². The summed E-state index contributed by atoms with van der Waals surface area (Å²) in [5.74, 6) is -0.377. The van der Waals surface area contributed by atoms with E-state index in [4.69, 9.17) is 5.26 Å². The van der Waals surface area contributed by atoms with Crippen molar-refractivity contribution in [3.63, 3.8) is 0 Å². The molecule has 100 valence electrons. The molecule has 2 heterocycles. The fourth-order valence-corrected chi connectivity index (χ4v) is 1.68. The Balaban J connectivity index is 1.89. The molecule has 0 saturated carbocycles. The molecule has 2 N–H and O–H groups in total. The molecule has 0 fully saturated rings. The van der Waals surface area contributed by atoms with Gasteiger partial charge in [-0.15, -0.1) is 0 Å². The Hall–Kier alpha value is -2.87. The Morgan fingerprint density at radius 3 is 2.95 bits per heavy atom. The van der Waals surface area contributed by atoms with E-state index in [-0.39, 0.29) is 11.5 Å². The monoisotopic (exact) mass is 266 g/mol. The summed E-state index contributed by atoms with van der Waals surface area (Å²) < 4.78 is 0. The van der Waals surface area contributed by atoms with E-state index in [2.05, 4.69) is 15.3 Å². The van der Waals surface area contributed by atoms with Gasteiger partial charge in [0.05, 0.1) is 0 Å². The topological polar surface area (TPSA) is 81.6 Å². The zero-order chi connectivity index (χ0) is 14.2. The Bertz CT molecular complexity index is 624. The average Bonchev–Trinajstić information content (AvgIpc) is 2.98. The molecule has 0 unspecified atom stereocenters. The van der Waals surface area contributed by atoms with Crippen molar-refractivity contribution in [1.82, 2.24) is 15.3 Å². The predicted molar refractivity (Wildman–Crippen MR) is 75.3 cm³/mol. The molecule has 0 saturated heterocycles. The lowest BCUT2D eigenvalue weighted by Crippen LogP contribution is -2.26. The minimum atomic E-state index is -0.377. The van der Waals surface area contributed by atoms with Gasteiger partial charge in [-0.25, -0.2) is 0 Å². The number of aromatic nitrogens is 2. The van der Waals surface area contributed by atoms with Gasteiger partial charge in [0.15, 0.2) is 0 Å². The summed E-state index contributed by atoms with van der Waals surface area (Å²) in [5, 5.41) is 11.7. The molecule has 0 aliphatic carbocycles. The van der Waals surface area contributed by atoms with Crippen molar-refractivity contribution < 1.29 is 4.79 Å². The Morgan fingerprint density at radius 1 is 1.40 bits per heavy atom. The van der Waals surface area contributed by atoms with Crippen LogP contribution in [0.5, 0.6) is 0 Å². The summed E-state index contributed by atoms with van der Waals surface area (Å²) in [6, 6.07) is 11.1. The van der Waals surface area contributed by atoms with Crippen LogP contribution in [0.1, 0.15) is 11.4 Å². The van der Waals surface area contributed by atoms with Crippen LogP contribution >= 0.6 is 0 Å². The number of carbonyl (C=O) groups is 1. The third-order valence-corrected chi connectivity index (χ3v) is 2.68. The molecular formula is C15H14N4O. The number of hydrogen-bond donors (Lipinski definition) is 2. The fraction of sp³-hybridized carbons (Fsp3) is 0.133. The van der Waals surface area contributed by atoms with Crippen molar-refractivity contribution in [3.05, 3.63) is 59.7 Å². The van der Waals surface area contributed by atoms with Crippen LogP contribution in [0.4, 0.5) is 0 Å². The van der Waals surface area contributed by atoms with Crippen molar-refractivity contribution in [3.8, 4) is 6.07 Å². The molecule has 1 amide bonds. The molecule has 0 spiro atoms. The summed E-state index contributed by atoms with van der Waals surface area (Å²) in [6.45, 7) is 0.444. The summed E-state index contributed by atoms with van der Waals surface area (Å²) >= 11 is 0. The van der Waals surface area contributed by atoms with Crippen LogP contribution in [-0.4, -0.2) is 22.4 Å². The summed E-state index contributed by atoms with van der Waals surface area (Å²) in [6.07, 6.45) is 5.60. The number of rotatable bonds is 5. The van der Waals surface area contributed by atoms with Crippen molar-refractivity contribution in [2.75, 3.05) is 6.54 Å². The molecule has 5 heteroatoms. The molecule has 0 aromatic carbocycles. The zero-order valence-electron chi connectivity index (χ0n) is 10.8. The number of pyridine rings is 1. The smallest absolute Gasteiger partial charge is 0.262 e.